The van der Waals surface area contributed by atoms with Crippen molar-refractivity contribution < 1.29 is 23.5 Å². The van der Waals surface area contributed by atoms with E-state index in [0.29, 0.717) is 11.7 Å². The fourth-order valence-corrected chi connectivity index (χ4v) is 3.17. The van der Waals surface area contributed by atoms with Crippen LogP contribution in [-0.4, -0.2) is 29.2 Å². The van der Waals surface area contributed by atoms with Crippen molar-refractivity contribution in [2.45, 2.75) is 25.8 Å². The highest BCUT2D eigenvalue weighted by molar-refractivity contribution is 14.1. The summed E-state index contributed by atoms with van der Waals surface area (Å²) in [6.07, 6.45) is 3.65. The summed E-state index contributed by atoms with van der Waals surface area (Å²) in [6.45, 7) is 1.86. The Bertz CT molecular complexity index is 1000. The van der Waals surface area contributed by atoms with E-state index in [2.05, 4.69) is 43.2 Å². The van der Waals surface area contributed by atoms with E-state index >= 15 is 0 Å². The van der Waals surface area contributed by atoms with E-state index in [1.807, 2.05) is 19.1 Å². The highest BCUT2D eigenvalue weighted by atomic mass is 127. The van der Waals surface area contributed by atoms with Crippen molar-refractivity contribution in [2.24, 2.45) is 0 Å². The molecule has 2 aromatic carbocycles. The van der Waals surface area contributed by atoms with Crippen molar-refractivity contribution in [3.05, 3.63) is 51.2 Å². The zero-order valence-corrected chi connectivity index (χ0v) is 17.4. The molecule has 0 bridgehead atoms. The number of aromatic nitrogens is 1. The number of hydrogen-bond donors (Lipinski definition) is 3. The third-order valence-corrected chi connectivity index (χ3v) is 4.78. The van der Waals surface area contributed by atoms with Gasteiger partial charge in [-0.3, -0.25) is 0 Å². The van der Waals surface area contributed by atoms with Gasteiger partial charge in [0.2, 0.25) is 0 Å². The molecule has 7 nitrogen and oxygen atoms in total. The predicted octanol–water partition coefficient (Wildman–Crippen LogP) is 4.62. The van der Waals surface area contributed by atoms with Crippen molar-refractivity contribution in [1.29, 1.82) is 0 Å². The number of aryl methyl sites for hydroxylation is 1. The van der Waals surface area contributed by atoms with Gasteiger partial charge in [0, 0.05) is 15.3 Å². The van der Waals surface area contributed by atoms with Gasteiger partial charge in [-0.05, 0) is 72.2 Å². The summed E-state index contributed by atoms with van der Waals surface area (Å²) in [4.78, 5) is 19.8. The van der Waals surface area contributed by atoms with Crippen LogP contribution < -0.4 is 10.8 Å². The maximum Gasteiger partial charge on any atom is 0.338 e. The standard InChI is InChI=1S/C15H10FIN2O3.C4H9NO/c1-7-4-8(17)2-3-10(7)19-13-9(15(20)21)5-11-14(12(13)16)22-6-18-11;1-6-5-4-2-3-4/h2-6,19H,1H3,(H,20,21);4-5H,2-3H2,1H3. The number of benzene rings is 2. The van der Waals surface area contributed by atoms with E-state index in [-0.39, 0.29) is 22.4 Å². The second-order valence-corrected chi connectivity index (χ2v) is 7.54. The molecule has 0 radical (unpaired) electrons. The minimum atomic E-state index is -1.24. The van der Waals surface area contributed by atoms with Crippen LogP contribution in [0.4, 0.5) is 15.8 Å². The molecule has 1 aromatic heterocycles. The molecule has 3 N–H and O–H groups in total. The second-order valence-electron chi connectivity index (χ2n) is 6.30. The van der Waals surface area contributed by atoms with E-state index in [1.165, 1.54) is 18.9 Å². The highest BCUT2D eigenvalue weighted by Crippen LogP contribution is 2.32. The van der Waals surface area contributed by atoms with Gasteiger partial charge in [-0.1, -0.05) is 0 Å². The number of aromatic carboxylic acids is 1. The number of anilines is 2. The van der Waals surface area contributed by atoms with Gasteiger partial charge in [0.15, 0.2) is 17.8 Å². The summed E-state index contributed by atoms with van der Waals surface area (Å²) in [5.41, 5.74) is 4.08. The Morgan fingerprint density at radius 3 is 2.71 bits per heavy atom. The van der Waals surface area contributed by atoms with Crippen molar-refractivity contribution in [2.75, 3.05) is 12.4 Å². The number of hydroxylamine groups is 1. The quantitative estimate of drug-likeness (QED) is 0.348. The number of hydrogen-bond acceptors (Lipinski definition) is 6. The lowest BCUT2D eigenvalue weighted by molar-refractivity contribution is 0.0697. The minimum absolute atomic E-state index is 0.0735. The molecule has 1 heterocycles. The molecule has 1 saturated carbocycles. The number of carboxylic acid groups (broad SMARTS) is 1. The third kappa shape index (κ3) is 4.78. The van der Waals surface area contributed by atoms with Gasteiger partial charge in [0.05, 0.1) is 18.4 Å². The van der Waals surface area contributed by atoms with Crippen LogP contribution in [-0.2, 0) is 4.84 Å². The third-order valence-electron chi connectivity index (χ3n) is 4.10. The number of nitrogens with one attached hydrogen (secondary N) is 2. The molecule has 28 heavy (non-hydrogen) atoms. The molecule has 1 aliphatic rings. The Morgan fingerprint density at radius 2 is 2.14 bits per heavy atom. The van der Waals surface area contributed by atoms with Crippen LogP contribution in [0.5, 0.6) is 0 Å². The van der Waals surface area contributed by atoms with Crippen LogP contribution >= 0.6 is 22.6 Å². The van der Waals surface area contributed by atoms with Crippen molar-refractivity contribution in [3.63, 3.8) is 0 Å². The van der Waals surface area contributed by atoms with Gasteiger partial charge in [0.1, 0.15) is 5.52 Å². The smallest absolute Gasteiger partial charge is 0.338 e. The number of carbonyl (C=O) groups is 1. The molecule has 0 atom stereocenters. The Kier molecular flexibility index (Phi) is 6.47. The number of carboxylic acids is 1. The molecule has 1 aliphatic carbocycles. The van der Waals surface area contributed by atoms with Gasteiger partial charge < -0.3 is 19.7 Å². The molecule has 1 fully saturated rings. The molecular weight excluding hydrogens is 480 g/mol. The first kappa shape index (κ1) is 20.5. The van der Waals surface area contributed by atoms with Gasteiger partial charge in [-0.15, -0.1) is 0 Å². The highest BCUT2D eigenvalue weighted by Gasteiger charge is 2.21. The lowest BCUT2D eigenvalue weighted by atomic mass is 10.1. The molecule has 0 amide bonds. The molecule has 0 aliphatic heterocycles. The van der Waals surface area contributed by atoms with Crippen molar-refractivity contribution >= 4 is 51.0 Å². The first-order chi connectivity index (χ1) is 13.4. The van der Waals surface area contributed by atoms with E-state index in [0.717, 1.165) is 15.5 Å². The summed E-state index contributed by atoms with van der Waals surface area (Å²) in [5, 5.41) is 12.2. The Hall–Kier alpha value is -2.24. The first-order valence-electron chi connectivity index (χ1n) is 8.51. The molecular formula is C19H19FIN3O4. The maximum absolute atomic E-state index is 14.6. The lowest BCUT2D eigenvalue weighted by Gasteiger charge is -2.13. The topological polar surface area (TPSA) is 96.6 Å². The van der Waals surface area contributed by atoms with Crippen LogP contribution in [0, 0.1) is 16.3 Å². The molecule has 4 rings (SSSR count). The summed E-state index contributed by atoms with van der Waals surface area (Å²) in [7, 11) is 1.65. The number of fused-ring (bicyclic) bond motifs is 1. The molecule has 0 saturated heterocycles. The summed E-state index contributed by atoms with van der Waals surface area (Å²) < 4.78 is 20.6. The normalized spacial score (nSPS) is 13.1. The van der Waals surface area contributed by atoms with Gasteiger partial charge in [0.25, 0.3) is 0 Å². The zero-order chi connectivity index (χ0) is 20.3. The molecule has 0 spiro atoms. The fourth-order valence-electron chi connectivity index (χ4n) is 2.52. The van der Waals surface area contributed by atoms with E-state index < -0.39 is 11.8 Å². The first-order valence-corrected chi connectivity index (χ1v) is 9.59. The zero-order valence-electron chi connectivity index (χ0n) is 15.3. The van der Waals surface area contributed by atoms with Gasteiger partial charge >= 0.3 is 5.97 Å². The summed E-state index contributed by atoms with van der Waals surface area (Å²) in [5.74, 6) is -2.01. The van der Waals surface area contributed by atoms with Gasteiger partial charge in [-0.25, -0.2) is 14.2 Å². The average molecular weight is 499 g/mol. The fraction of sp³-hybridized carbons (Fsp3) is 0.263. The predicted molar refractivity (Wildman–Crippen MR) is 111 cm³/mol. The van der Waals surface area contributed by atoms with Gasteiger partial charge in [-0.2, -0.15) is 5.48 Å². The molecule has 9 heteroatoms. The second kappa shape index (κ2) is 8.84. The van der Waals surface area contributed by atoms with E-state index in [1.54, 1.807) is 13.2 Å². The van der Waals surface area contributed by atoms with Crippen molar-refractivity contribution in [1.82, 2.24) is 10.5 Å². The lowest BCUT2D eigenvalue weighted by Crippen LogP contribution is -2.12. The molecule has 148 valence electrons. The van der Waals surface area contributed by atoms with Crippen LogP contribution in [0.1, 0.15) is 28.8 Å². The average Bonchev–Trinajstić information content (AvgIpc) is 3.33. The number of nitrogens with zero attached hydrogens (tertiary/aromatic N) is 1. The van der Waals surface area contributed by atoms with Crippen LogP contribution in [0.3, 0.4) is 0 Å². The Morgan fingerprint density at radius 1 is 1.39 bits per heavy atom. The summed E-state index contributed by atoms with van der Waals surface area (Å²) in [6, 6.07) is 7.49. The maximum atomic E-state index is 14.6. The monoisotopic (exact) mass is 499 g/mol. The van der Waals surface area contributed by atoms with E-state index in [4.69, 9.17) is 4.42 Å². The number of oxazole rings is 1. The largest absolute Gasteiger partial charge is 0.478 e. The SMILES string of the molecule is CONC1CC1.Cc1cc(I)ccc1Nc1c(C(=O)O)cc2ncoc2c1F. The van der Waals surface area contributed by atoms with Crippen LogP contribution in [0.15, 0.2) is 35.1 Å². The number of rotatable bonds is 5. The Labute approximate surface area is 174 Å². The van der Waals surface area contributed by atoms with Crippen LogP contribution in [0.25, 0.3) is 11.1 Å². The summed E-state index contributed by atoms with van der Waals surface area (Å²) >= 11 is 2.17. The van der Waals surface area contributed by atoms with Crippen LogP contribution in [0.2, 0.25) is 0 Å². The molecule has 0 unspecified atom stereocenters. The minimum Gasteiger partial charge on any atom is -0.478 e. The van der Waals surface area contributed by atoms with E-state index in [9.17, 15) is 14.3 Å². The Balaban J connectivity index is 0.000000320. The number of halogens is 2. The molecule has 3 aromatic rings. The van der Waals surface area contributed by atoms with Crippen molar-refractivity contribution in [3.8, 4) is 0 Å².